The molecular formula is C20H24N2O2. The topological polar surface area (TPSA) is 50.7 Å². The summed E-state index contributed by atoms with van der Waals surface area (Å²) in [6, 6.07) is 15.5. The van der Waals surface area contributed by atoms with Crippen molar-refractivity contribution in [2.45, 2.75) is 33.3 Å². The summed E-state index contributed by atoms with van der Waals surface area (Å²) in [4.78, 5) is 16.4. The number of rotatable bonds is 4. The van der Waals surface area contributed by atoms with Crippen molar-refractivity contribution in [3.63, 3.8) is 0 Å². The van der Waals surface area contributed by atoms with Crippen molar-refractivity contribution in [1.82, 2.24) is 0 Å². The Morgan fingerprint density at radius 2 is 1.79 bits per heavy atom. The lowest BCUT2D eigenvalue weighted by Crippen LogP contribution is -2.28. The first-order chi connectivity index (χ1) is 11.3. The zero-order chi connectivity index (χ0) is 17.7. The smallest absolute Gasteiger partial charge is 0.412 e. The van der Waals surface area contributed by atoms with Gasteiger partial charge in [0.1, 0.15) is 5.60 Å². The van der Waals surface area contributed by atoms with E-state index in [9.17, 15) is 4.79 Å². The number of hydrogen-bond donors (Lipinski definition) is 1. The molecule has 4 heteroatoms. The van der Waals surface area contributed by atoms with Gasteiger partial charge in [-0.25, -0.2) is 4.79 Å². The molecule has 0 aliphatic rings. The maximum absolute atomic E-state index is 12.2. The molecule has 0 saturated carbocycles. The number of nitrogens with zero attached hydrogens (tertiary/aromatic N) is 1. The van der Waals surface area contributed by atoms with E-state index in [1.54, 1.807) is 7.05 Å². The van der Waals surface area contributed by atoms with Gasteiger partial charge in [0.2, 0.25) is 0 Å². The average Bonchev–Trinajstić information content (AvgIpc) is 2.56. The van der Waals surface area contributed by atoms with Crippen molar-refractivity contribution in [3.05, 3.63) is 65.2 Å². The van der Waals surface area contributed by atoms with Gasteiger partial charge < -0.3 is 4.74 Å². The number of aryl methyl sites for hydroxylation is 1. The van der Waals surface area contributed by atoms with E-state index in [-0.39, 0.29) is 0 Å². The van der Waals surface area contributed by atoms with Crippen LogP contribution in [0, 0.1) is 6.92 Å². The summed E-state index contributed by atoms with van der Waals surface area (Å²) in [6.45, 7) is 7.70. The van der Waals surface area contributed by atoms with E-state index in [1.165, 1.54) is 0 Å². The first-order valence-corrected chi connectivity index (χ1v) is 7.93. The summed E-state index contributed by atoms with van der Waals surface area (Å²) >= 11 is 0. The number of amides is 1. The van der Waals surface area contributed by atoms with Crippen molar-refractivity contribution in [2.75, 3.05) is 12.4 Å². The Labute approximate surface area is 143 Å². The third-order valence-corrected chi connectivity index (χ3v) is 3.96. The van der Waals surface area contributed by atoms with Crippen LogP contribution in [0.2, 0.25) is 0 Å². The van der Waals surface area contributed by atoms with Gasteiger partial charge in [-0.15, -0.1) is 0 Å². The first kappa shape index (κ1) is 17.7. The fraction of sp³-hybridized carbons (Fsp3) is 0.300. The molecule has 2 aromatic rings. The lowest BCUT2D eigenvalue weighted by atomic mass is 9.95. The van der Waals surface area contributed by atoms with Crippen LogP contribution in [0.25, 0.3) is 0 Å². The summed E-state index contributed by atoms with van der Waals surface area (Å²) in [6.07, 6.45) is -0.477. The van der Waals surface area contributed by atoms with E-state index in [0.29, 0.717) is 5.69 Å². The zero-order valence-corrected chi connectivity index (χ0v) is 14.9. The standard InChI is InChI=1S/C20H24N2O2/c1-14-9-11-18(12-10-14)22-19(23)24-20(3,4)17-8-6-7-16(13-17)15(2)21-5/h6-13H,1-5H3,(H,22,23)/b21-15+. The van der Waals surface area contributed by atoms with Crippen LogP contribution in [0.5, 0.6) is 0 Å². The van der Waals surface area contributed by atoms with Gasteiger partial charge in [-0.1, -0.05) is 35.9 Å². The number of hydrogen-bond acceptors (Lipinski definition) is 3. The summed E-state index contributed by atoms with van der Waals surface area (Å²) < 4.78 is 5.64. The number of benzene rings is 2. The third kappa shape index (κ3) is 4.44. The molecule has 0 atom stereocenters. The molecule has 2 aromatic carbocycles. The van der Waals surface area contributed by atoms with E-state index >= 15 is 0 Å². The van der Waals surface area contributed by atoms with Crippen LogP contribution in [-0.2, 0) is 10.3 Å². The highest BCUT2D eigenvalue weighted by Crippen LogP contribution is 2.26. The van der Waals surface area contributed by atoms with Crippen LogP contribution in [-0.4, -0.2) is 18.9 Å². The summed E-state index contributed by atoms with van der Waals surface area (Å²) in [7, 11) is 1.76. The van der Waals surface area contributed by atoms with Crippen molar-refractivity contribution < 1.29 is 9.53 Å². The van der Waals surface area contributed by atoms with Gasteiger partial charge in [0.05, 0.1) is 0 Å². The fourth-order valence-electron chi connectivity index (χ4n) is 2.32. The van der Waals surface area contributed by atoms with Crippen LogP contribution in [0.4, 0.5) is 10.5 Å². The molecule has 126 valence electrons. The number of carbonyl (C=O) groups is 1. The molecule has 0 radical (unpaired) electrons. The van der Waals surface area contributed by atoms with Gasteiger partial charge in [0.15, 0.2) is 0 Å². The van der Waals surface area contributed by atoms with Crippen LogP contribution in [0.3, 0.4) is 0 Å². The van der Waals surface area contributed by atoms with E-state index in [2.05, 4.69) is 10.3 Å². The molecule has 2 rings (SSSR count). The molecule has 0 aliphatic carbocycles. The Hall–Kier alpha value is -2.62. The van der Waals surface area contributed by atoms with Gasteiger partial charge in [0, 0.05) is 18.4 Å². The second-order valence-electron chi connectivity index (χ2n) is 6.28. The molecular weight excluding hydrogens is 300 g/mol. The minimum atomic E-state index is -0.751. The number of aliphatic imine (C=N–C) groups is 1. The first-order valence-electron chi connectivity index (χ1n) is 7.93. The number of carbonyl (C=O) groups excluding carboxylic acids is 1. The second kappa shape index (κ2) is 7.30. The molecule has 4 nitrogen and oxygen atoms in total. The maximum Gasteiger partial charge on any atom is 0.412 e. The Morgan fingerprint density at radius 1 is 1.12 bits per heavy atom. The molecule has 0 spiro atoms. The van der Waals surface area contributed by atoms with Gasteiger partial charge in [-0.3, -0.25) is 10.3 Å². The fourth-order valence-corrected chi connectivity index (χ4v) is 2.32. The minimum Gasteiger partial charge on any atom is -0.438 e. The van der Waals surface area contributed by atoms with Crippen molar-refractivity contribution in [2.24, 2.45) is 4.99 Å². The quantitative estimate of drug-likeness (QED) is 0.812. The Morgan fingerprint density at radius 3 is 2.42 bits per heavy atom. The third-order valence-electron chi connectivity index (χ3n) is 3.96. The number of anilines is 1. The molecule has 1 amide bonds. The number of nitrogens with one attached hydrogen (secondary N) is 1. The predicted molar refractivity (Wildman–Crippen MR) is 98.9 cm³/mol. The molecule has 0 heterocycles. The second-order valence-corrected chi connectivity index (χ2v) is 6.28. The Kier molecular flexibility index (Phi) is 5.39. The molecule has 0 aliphatic heterocycles. The van der Waals surface area contributed by atoms with Crippen molar-refractivity contribution >= 4 is 17.5 Å². The van der Waals surface area contributed by atoms with Crippen LogP contribution in [0.1, 0.15) is 37.5 Å². The van der Waals surface area contributed by atoms with E-state index in [4.69, 9.17) is 4.74 Å². The summed E-state index contributed by atoms with van der Waals surface area (Å²) in [5.41, 5.74) is 3.98. The molecule has 0 bridgehead atoms. The average molecular weight is 324 g/mol. The molecule has 0 aromatic heterocycles. The molecule has 0 unspecified atom stereocenters. The highest BCUT2D eigenvalue weighted by atomic mass is 16.6. The van der Waals surface area contributed by atoms with E-state index < -0.39 is 11.7 Å². The largest absolute Gasteiger partial charge is 0.438 e. The highest BCUT2D eigenvalue weighted by Gasteiger charge is 2.26. The molecule has 1 N–H and O–H groups in total. The summed E-state index contributed by atoms with van der Waals surface area (Å²) in [5.74, 6) is 0. The predicted octanol–water partition coefficient (Wildman–Crippen LogP) is 4.92. The van der Waals surface area contributed by atoms with Crippen molar-refractivity contribution in [3.8, 4) is 0 Å². The van der Waals surface area contributed by atoms with Gasteiger partial charge in [-0.05, 0) is 57.0 Å². The van der Waals surface area contributed by atoms with Gasteiger partial charge in [-0.2, -0.15) is 0 Å². The monoisotopic (exact) mass is 324 g/mol. The Balaban J connectivity index is 2.12. The minimum absolute atomic E-state index is 0.477. The highest BCUT2D eigenvalue weighted by molar-refractivity contribution is 5.98. The van der Waals surface area contributed by atoms with Crippen molar-refractivity contribution in [1.29, 1.82) is 0 Å². The molecule has 24 heavy (non-hydrogen) atoms. The van der Waals surface area contributed by atoms with Crippen LogP contribution < -0.4 is 5.32 Å². The molecule has 0 saturated heterocycles. The SMILES string of the molecule is C/N=C(\C)c1cccc(C(C)(C)OC(=O)Nc2ccc(C)cc2)c1. The lowest BCUT2D eigenvalue weighted by molar-refractivity contribution is 0.0466. The van der Waals surface area contributed by atoms with Gasteiger partial charge >= 0.3 is 6.09 Å². The van der Waals surface area contributed by atoms with E-state index in [0.717, 1.165) is 22.4 Å². The van der Waals surface area contributed by atoms with Gasteiger partial charge in [0.25, 0.3) is 0 Å². The lowest BCUT2D eigenvalue weighted by Gasteiger charge is -2.26. The molecule has 0 fully saturated rings. The van der Waals surface area contributed by atoms with E-state index in [1.807, 2.05) is 76.2 Å². The Bertz CT molecular complexity index is 746. The zero-order valence-electron chi connectivity index (χ0n) is 14.9. The van der Waals surface area contributed by atoms with Crippen LogP contribution >= 0.6 is 0 Å². The summed E-state index contributed by atoms with van der Waals surface area (Å²) in [5, 5.41) is 2.76. The van der Waals surface area contributed by atoms with Crippen LogP contribution in [0.15, 0.2) is 53.5 Å². The normalized spacial score (nSPS) is 12.0. The maximum atomic E-state index is 12.2. The number of ether oxygens (including phenoxy) is 1.